The van der Waals surface area contributed by atoms with Gasteiger partial charge in [0, 0.05) is 12.5 Å². The maximum Gasteiger partial charge on any atom is 0.303 e. The molecule has 0 saturated heterocycles. The lowest BCUT2D eigenvalue weighted by atomic mass is 10.1. The van der Waals surface area contributed by atoms with E-state index in [0.717, 1.165) is 11.1 Å². The van der Waals surface area contributed by atoms with Crippen molar-refractivity contribution in [1.82, 2.24) is 0 Å². The molecule has 0 aliphatic heterocycles. The second-order valence-electron chi connectivity index (χ2n) is 6.96. The van der Waals surface area contributed by atoms with E-state index in [1.54, 1.807) is 18.2 Å². The van der Waals surface area contributed by atoms with Crippen LogP contribution in [0.4, 0.5) is 5.69 Å². The van der Waals surface area contributed by atoms with Crippen LogP contribution < -0.4 is 14.8 Å². The minimum Gasteiger partial charge on any atom is -0.491 e. The molecule has 0 heterocycles. The van der Waals surface area contributed by atoms with Crippen molar-refractivity contribution in [2.24, 2.45) is 0 Å². The molecule has 0 saturated carbocycles. The Bertz CT molecular complexity index is 1080. The number of benzene rings is 3. The summed E-state index contributed by atoms with van der Waals surface area (Å²) in [6.07, 6.45) is 1.22. The summed E-state index contributed by atoms with van der Waals surface area (Å²) in [6, 6.07) is 22.4. The number of hydrogen-bond donors (Lipinski definition) is 2. The molecule has 0 bridgehead atoms. The maximum atomic E-state index is 11.5. The molecule has 1 amide bonds. The molecule has 3 rings (SSSR count). The van der Waals surface area contributed by atoms with Crippen LogP contribution in [0.15, 0.2) is 72.8 Å². The van der Waals surface area contributed by atoms with E-state index in [9.17, 15) is 14.4 Å². The number of aliphatic carboxylic acids is 1. The number of hydrogen-bond acceptors (Lipinski definition) is 5. The van der Waals surface area contributed by atoms with Crippen molar-refractivity contribution in [1.29, 1.82) is 0 Å². The number of anilines is 1. The second kappa shape index (κ2) is 11.3. The quantitative estimate of drug-likeness (QED) is 0.253. The minimum atomic E-state index is -0.864. The largest absolute Gasteiger partial charge is 0.491 e. The Morgan fingerprint density at radius 3 is 2.38 bits per heavy atom. The highest BCUT2D eigenvalue weighted by Gasteiger charge is 2.11. The Morgan fingerprint density at radius 1 is 0.875 bits per heavy atom. The molecule has 7 nitrogen and oxygen atoms in total. The smallest absolute Gasteiger partial charge is 0.303 e. The predicted molar refractivity (Wildman–Crippen MR) is 120 cm³/mol. The van der Waals surface area contributed by atoms with Gasteiger partial charge in [-0.25, -0.2) is 0 Å². The Labute approximate surface area is 185 Å². The lowest BCUT2D eigenvalue weighted by Gasteiger charge is -2.14. The van der Waals surface area contributed by atoms with Gasteiger partial charge in [-0.15, -0.1) is 0 Å². The monoisotopic (exact) mass is 433 g/mol. The van der Waals surface area contributed by atoms with Crippen LogP contribution in [0.3, 0.4) is 0 Å². The summed E-state index contributed by atoms with van der Waals surface area (Å²) in [5.41, 5.74) is 2.40. The second-order valence-corrected chi connectivity index (χ2v) is 6.96. The molecular formula is C25H23NO6. The molecule has 32 heavy (non-hydrogen) atoms. The Kier molecular flexibility index (Phi) is 7.97. The first-order valence-electron chi connectivity index (χ1n) is 10.1. The Morgan fingerprint density at radius 2 is 1.62 bits per heavy atom. The first-order valence-corrected chi connectivity index (χ1v) is 10.1. The summed E-state index contributed by atoms with van der Waals surface area (Å²) in [6.45, 7) is 0.254. The Hall–Kier alpha value is -4.13. The van der Waals surface area contributed by atoms with E-state index in [2.05, 4.69) is 5.32 Å². The number of carboxylic acid groups (broad SMARTS) is 1. The molecule has 0 aliphatic rings. The summed E-state index contributed by atoms with van der Waals surface area (Å²) in [4.78, 5) is 32.8. The zero-order valence-electron chi connectivity index (χ0n) is 17.3. The fourth-order valence-electron chi connectivity index (χ4n) is 3.02. The fourth-order valence-corrected chi connectivity index (χ4v) is 3.02. The highest BCUT2D eigenvalue weighted by molar-refractivity contribution is 6.29. The molecule has 2 N–H and O–H groups in total. The lowest BCUT2D eigenvalue weighted by Crippen LogP contribution is -2.13. The molecule has 0 atom stereocenters. The highest BCUT2D eigenvalue weighted by atomic mass is 16.5. The molecule has 0 spiro atoms. The summed E-state index contributed by atoms with van der Waals surface area (Å²) in [5.74, 6) is -0.224. The van der Waals surface area contributed by atoms with E-state index >= 15 is 0 Å². The zero-order valence-corrected chi connectivity index (χ0v) is 17.3. The van der Waals surface area contributed by atoms with Gasteiger partial charge in [0.15, 0.2) is 0 Å². The molecule has 0 aliphatic carbocycles. The molecule has 0 unspecified atom stereocenters. The summed E-state index contributed by atoms with van der Waals surface area (Å²) < 4.78 is 11.7. The van der Waals surface area contributed by atoms with Gasteiger partial charge in [-0.2, -0.15) is 0 Å². The van der Waals surface area contributed by atoms with Crippen LogP contribution in [-0.2, 0) is 14.4 Å². The zero-order chi connectivity index (χ0) is 22.8. The van der Waals surface area contributed by atoms with E-state index < -0.39 is 11.9 Å². The van der Waals surface area contributed by atoms with Crippen LogP contribution in [0, 0.1) is 0 Å². The van der Waals surface area contributed by atoms with Crippen LogP contribution in [0.2, 0.25) is 0 Å². The van der Waals surface area contributed by atoms with Crippen molar-refractivity contribution in [2.75, 3.05) is 11.9 Å². The average Bonchev–Trinajstić information content (AvgIpc) is 2.81. The number of aldehydes is 1. The molecule has 0 aromatic heterocycles. The number of amides is 1. The molecule has 164 valence electrons. The SMILES string of the molecule is O=CC(=O)Nc1ccc(Oc2cccc(-c3ccccc3)c2)cc1OCCCCC(=O)O. The minimum absolute atomic E-state index is 0.0546. The van der Waals surface area contributed by atoms with Gasteiger partial charge in [-0.05, 0) is 48.2 Å². The van der Waals surface area contributed by atoms with E-state index in [-0.39, 0.29) is 19.3 Å². The van der Waals surface area contributed by atoms with E-state index in [1.165, 1.54) is 0 Å². The van der Waals surface area contributed by atoms with Crippen molar-refractivity contribution >= 4 is 23.9 Å². The standard InChI is InChI=1S/C25H23NO6/c27-17-24(28)26-22-13-12-21(16-23(22)31-14-5-4-11-25(29)30)32-20-10-6-9-19(15-20)18-7-2-1-3-8-18/h1-3,6-10,12-13,15-17H,4-5,11,14H2,(H,26,28)(H,29,30). The molecule has 7 heteroatoms. The molecule has 3 aromatic carbocycles. The average molecular weight is 433 g/mol. The molecule has 3 aromatic rings. The van der Waals surface area contributed by atoms with Crippen molar-refractivity contribution in [3.63, 3.8) is 0 Å². The van der Waals surface area contributed by atoms with E-state index in [0.29, 0.717) is 35.8 Å². The van der Waals surface area contributed by atoms with Gasteiger partial charge in [0.05, 0.1) is 12.3 Å². The van der Waals surface area contributed by atoms with Crippen LogP contribution in [0.25, 0.3) is 11.1 Å². The number of carboxylic acids is 1. The van der Waals surface area contributed by atoms with Crippen LogP contribution >= 0.6 is 0 Å². The number of unbranched alkanes of at least 4 members (excludes halogenated alkanes) is 1. The van der Waals surface area contributed by atoms with Gasteiger partial charge in [-0.1, -0.05) is 42.5 Å². The van der Waals surface area contributed by atoms with E-state index in [4.69, 9.17) is 14.6 Å². The van der Waals surface area contributed by atoms with Crippen molar-refractivity contribution in [2.45, 2.75) is 19.3 Å². The number of nitrogens with one attached hydrogen (secondary N) is 1. The van der Waals surface area contributed by atoms with Gasteiger partial charge >= 0.3 is 5.97 Å². The van der Waals surface area contributed by atoms with Gasteiger partial charge in [-0.3, -0.25) is 14.4 Å². The first kappa shape index (κ1) is 22.6. The maximum absolute atomic E-state index is 11.5. The third-order valence-electron chi connectivity index (χ3n) is 4.54. The van der Waals surface area contributed by atoms with Gasteiger partial charge in [0.2, 0.25) is 6.29 Å². The number of carbonyl (C=O) groups excluding carboxylic acids is 2. The van der Waals surface area contributed by atoms with Crippen molar-refractivity contribution in [3.05, 3.63) is 72.8 Å². The fraction of sp³-hybridized carbons (Fsp3) is 0.160. The lowest BCUT2D eigenvalue weighted by molar-refractivity contribution is -0.137. The first-order chi connectivity index (χ1) is 15.5. The van der Waals surface area contributed by atoms with Crippen LogP contribution in [-0.4, -0.2) is 29.9 Å². The van der Waals surface area contributed by atoms with Crippen molar-refractivity contribution < 1.29 is 29.0 Å². The van der Waals surface area contributed by atoms with Gasteiger partial charge < -0.3 is 19.9 Å². The highest BCUT2D eigenvalue weighted by Crippen LogP contribution is 2.33. The van der Waals surface area contributed by atoms with Crippen LogP contribution in [0.1, 0.15) is 19.3 Å². The third-order valence-corrected chi connectivity index (χ3v) is 4.54. The number of ether oxygens (including phenoxy) is 2. The molecule has 0 radical (unpaired) electrons. The third kappa shape index (κ3) is 6.70. The summed E-state index contributed by atoms with van der Waals surface area (Å²) in [5, 5.41) is 11.2. The normalized spacial score (nSPS) is 10.2. The summed E-state index contributed by atoms with van der Waals surface area (Å²) >= 11 is 0. The van der Waals surface area contributed by atoms with E-state index in [1.807, 2.05) is 54.6 Å². The Balaban J connectivity index is 1.75. The van der Waals surface area contributed by atoms with Crippen LogP contribution in [0.5, 0.6) is 17.2 Å². The predicted octanol–water partition coefficient (Wildman–Crippen LogP) is 4.92. The number of rotatable bonds is 11. The van der Waals surface area contributed by atoms with Gasteiger partial charge in [0.25, 0.3) is 5.91 Å². The topological polar surface area (TPSA) is 102 Å². The molecule has 0 fully saturated rings. The van der Waals surface area contributed by atoms with Gasteiger partial charge in [0.1, 0.15) is 17.2 Å². The summed E-state index contributed by atoms with van der Waals surface area (Å²) in [7, 11) is 0. The van der Waals surface area contributed by atoms with Crippen molar-refractivity contribution in [3.8, 4) is 28.4 Å². The number of carbonyl (C=O) groups is 3. The molecular weight excluding hydrogens is 410 g/mol.